The minimum Gasteiger partial charge on any atom is -0.480 e. The molecular weight excluding hydrogens is 298 g/mol. The number of carbonyl (C=O) groups excluding carboxylic acids is 2. The second kappa shape index (κ2) is 7.26. The summed E-state index contributed by atoms with van der Waals surface area (Å²) in [6.45, 7) is -0.399. The molecule has 3 N–H and O–H groups in total. The van der Waals surface area contributed by atoms with Crippen molar-refractivity contribution in [3.8, 4) is 0 Å². The van der Waals surface area contributed by atoms with Crippen molar-refractivity contribution in [2.45, 2.75) is 6.42 Å². The second-order valence-corrected chi connectivity index (χ2v) is 5.00. The number of benzene rings is 1. The molecule has 0 aliphatic heterocycles. The molecule has 23 heavy (non-hydrogen) atoms. The molecule has 7 heteroatoms. The molecule has 0 radical (unpaired) electrons. The zero-order chi connectivity index (χ0) is 16.8. The molecular formula is C16H17N3O4. The van der Waals surface area contributed by atoms with Gasteiger partial charge >= 0.3 is 5.97 Å². The lowest BCUT2D eigenvalue weighted by Gasteiger charge is -2.07. The van der Waals surface area contributed by atoms with E-state index in [1.54, 1.807) is 54.2 Å². The number of carboxylic acid groups (broad SMARTS) is 1. The largest absolute Gasteiger partial charge is 0.480 e. The van der Waals surface area contributed by atoms with Crippen molar-refractivity contribution < 1.29 is 19.5 Å². The average molecular weight is 315 g/mol. The van der Waals surface area contributed by atoms with E-state index < -0.39 is 12.5 Å². The highest BCUT2D eigenvalue weighted by atomic mass is 16.4. The van der Waals surface area contributed by atoms with Crippen LogP contribution in [0.4, 0.5) is 5.69 Å². The molecule has 0 saturated heterocycles. The highest BCUT2D eigenvalue weighted by Gasteiger charge is 2.09. The summed E-state index contributed by atoms with van der Waals surface area (Å²) in [6, 6.07) is 10.3. The number of anilines is 1. The van der Waals surface area contributed by atoms with Gasteiger partial charge in [-0.15, -0.1) is 0 Å². The van der Waals surface area contributed by atoms with E-state index in [-0.39, 0.29) is 18.2 Å². The number of aryl methyl sites for hydroxylation is 1. The van der Waals surface area contributed by atoms with Crippen LogP contribution >= 0.6 is 0 Å². The molecule has 1 aromatic heterocycles. The number of hydrogen-bond acceptors (Lipinski definition) is 3. The molecule has 7 nitrogen and oxygen atoms in total. The third kappa shape index (κ3) is 4.70. The van der Waals surface area contributed by atoms with Gasteiger partial charge in [-0.2, -0.15) is 0 Å². The molecule has 1 heterocycles. The summed E-state index contributed by atoms with van der Waals surface area (Å²) in [6.07, 6.45) is 1.87. The number of rotatable bonds is 6. The Morgan fingerprint density at radius 3 is 2.39 bits per heavy atom. The first-order valence-electron chi connectivity index (χ1n) is 6.96. The Labute approximate surface area is 132 Å². The fraction of sp³-hybridized carbons (Fsp3) is 0.188. The molecule has 0 bridgehead atoms. The smallest absolute Gasteiger partial charge is 0.322 e. The van der Waals surface area contributed by atoms with E-state index in [9.17, 15) is 14.4 Å². The van der Waals surface area contributed by atoms with Crippen LogP contribution in [0.25, 0.3) is 0 Å². The van der Waals surface area contributed by atoms with Crippen LogP contribution in [0, 0.1) is 0 Å². The van der Waals surface area contributed by atoms with Crippen molar-refractivity contribution in [3.05, 3.63) is 53.9 Å². The summed E-state index contributed by atoms with van der Waals surface area (Å²) in [4.78, 5) is 33.9. The lowest BCUT2D eigenvalue weighted by atomic mass is 10.1. The lowest BCUT2D eigenvalue weighted by Crippen LogP contribution is -2.30. The zero-order valence-corrected chi connectivity index (χ0v) is 12.6. The van der Waals surface area contributed by atoms with Crippen LogP contribution in [0.3, 0.4) is 0 Å². The first-order chi connectivity index (χ1) is 11.0. The maximum atomic E-state index is 12.1. The number of aliphatic carboxylic acids is 1. The maximum Gasteiger partial charge on any atom is 0.322 e. The van der Waals surface area contributed by atoms with Gasteiger partial charge in [0, 0.05) is 18.9 Å². The number of hydrogen-bond donors (Lipinski definition) is 3. The van der Waals surface area contributed by atoms with Crippen LogP contribution in [-0.4, -0.2) is 34.0 Å². The number of carbonyl (C=O) groups is 3. The van der Waals surface area contributed by atoms with E-state index >= 15 is 0 Å². The quantitative estimate of drug-likeness (QED) is 0.741. The topological polar surface area (TPSA) is 100 Å². The minimum absolute atomic E-state index is 0.0827. The van der Waals surface area contributed by atoms with Gasteiger partial charge in [0.25, 0.3) is 5.91 Å². The molecule has 2 aromatic rings. The van der Waals surface area contributed by atoms with Crippen LogP contribution in [0.5, 0.6) is 0 Å². The molecule has 2 amide bonds. The second-order valence-electron chi connectivity index (χ2n) is 5.00. The highest BCUT2D eigenvalue weighted by Crippen LogP contribution is 2.12. The van der Waals surface area contributed by atoms with Gasteiger partial charge in [-0.25, -0.2) is 0 Å². The van der Waals surface area contributed by atoms with Crippen LogP contribution in [0.15, 0.2) is 42.6 Å². The zero-order valence-electron chi connectivity index (χ0n) is 12.6. The summed E-state index contributed by atoms with van der Waals surface area (Å²) in [5.41, 5.74) is 1.89. The van der Waals surface area contributed by atoms with Crippen LogP contribution in [-0.2, 0) is 23.1 Å². The van der Waals surface area contributed by atoms with Crippen LogP contribution in [0.2, 0.25) is 0 Å². The number of nitrogens with zero attached hydrogens (tertiary/aromatic N) is 1. The van der Waals surface area contributed by atoms with Crippen LogP contribution in [0.1, 0.15) is 16.1 Å². The van der Waals surface area contributed by atoms with Crippen molar-refractivity contribution >= 4 is 23.5 Å². The molecule has 0 saturated carbocycles. The SMILES string of the molecule is Cn1cccc1C(=O)Nc1ccc(CC(=O)NCC(=O)O)cc1. The molecule has 0 unspecified atom stereocenters. The summed E-state index contributed by atoms with van der Waals surface area (Å²) in [7, 11) is 1.79. The first kappa shape index (κ1) is 16.3. The predicted octanol–water partition coefficient (Wildman–Crippen LogP) is 1.02. The molecule has 2 rings (SSSR count). The normalized spacial score (nSPS) is 10.1. The van der Waals surface area contributed by atoms with E-state index in [1.807, 2.05) is 0 Å². The van der Waals surface area contributed by atoms with Gasteiger partial charge in [0.15, 0.2) is 0 Å². The Hall–Kier alpha value is -3.09. The highest BCUT2D eigenvalue weighted by molar-refractivity contribution is 6.03. The Bertz CT molecular complexity index is 719. The summed E-state index contributed by atoms with van der Waals surface area (Å²) < 4.78 is 1.72. The fourth-order valence-corrected chi connectivity index (χ4v) is 2.02. The maximum absolute atomic E-state index is 12.1. The predicted molar refractivity (Wildman–Crippen MR) is 84.2 cm³/mol. The van der Waals surface area contributed by atoms with E-state index in [0.29, 0.717) is 11.4 Å². The van der Waals surface area contributed by atoms with Gasteiger partial charge in [-0.05, 0) is 29.8 Å². The molecule has 0 aliphatic rings. The third-order valence-electron chi connectivity index (χ3n) is 3.19. The molecule has 0 fully saturated rings. The van der Waals surface area contributed by atoms with Gasteiger partial charge < -0.3 is 20.3 Å². The van der Waals surface area contributed by atoms with Crippen molar-refractivity contribution in [2.75, 3.05) is 11.9 Å². The van der Waals surface area contributed by atoms with Crippen molar-refractivity contribution in [2.24, 2.45) is 7.05 Å². The monoisotopic (exact) mass is 315 g/mol. The first-order valence-corrected chi connectivity index (χ1v) is 6.96. The van der Waals surface area contributed by atoms with E-state index in [0.717, 1.165) is 5.56 Å². The van der Waals surface area contributed by atoms with E-state index in [2.05, 4.69) is 10.6 Å². The standard InChI is InChI=1S/C16H17N3O4/c1-19-8-2-3-13(19)16(23)18-12-6-4-11(5-7-12)9-14(20)17-10-15(21)22/h2-8H,9-10H2,1H3,(H,17,20)(H,18,23)(H,21,22). The van der Waals surface area contributed by atoms with Crippen molar-refractivity contribution in [1.82, 2.24) is 9.88 Å². The number of amides is 2. The Kier molecular flexibility index (Phi) is 5.14. The number of nitrogens with one attached hydrogen (secondary N) is 2. The van der Waals surface area contributed by atoms with Gasteiger partial charge in [-0.1, -0.05) is 12.1 Å². The van der Waals surface area contributed by atoms with Gasteiger partial charge in [0.2, 0.25) is 5.91 Å². The number of carboxylic acids is 1. The van der Waals surface area contributed by atoms with Crippen molar-refractivity contribution in [1.29, 1.82) is 0 Å². The molecule has 0 atom stereocenters. The molecule has 0 spiro atoms. The van der Waals surface area contributed by atoms with Gasteiger partial charge in [0.05, 0.1) is 6.42 Å². The van der Waals surface area contributed by atoms with Gasteiger partial charge in [0.1, 0.15) is 12.2 Å². The average Bonchev–Trinajstić information content (AvgIpc) is 2.93. The Morgan fingerprint density at radius 2 is 1.83 bits per heavy atom. The fourth-order valence-electron chi connectivity index (χ4n) is 2.02. The molecule has 120 valence electrons. The number of aromatic nitrogens is 1. The lowest BCUT2D eigenvalue weighted by molar-refractivity contribution is -0.137. The van der Waals surface area contributed by atoms with Crippen LogP contribution < -0.4 is 10.6 Å². The molecule has 0 aliphatic carbocycles. The third-order valence-corrected chi connectivity index (χ3v) is 3.19. The minimum atomic E-state index is -1.09. The van der Waals surface area contributed by atoms with E-state index in [4.69, 9.17) is 5.11 Å². The summed E-state index contributed by atoms with van der Waals surface area (Å²) in [5, 5.41) is 13.5. The van der Waals surface area contributed by atoms with Gasteiger partial charge in [-0.3, -0.25) is 14.4 Å². The summed E-state index contributed by atoms with van der Waals surface area (Å²) in [5.74, 6) is -1.67. The Morgan fingerprint density at radius 1 is 1.13 bits per heavy atom. The molecule has 1 aromatic carbocycles. The summed E-state index contributed by atoms with van der Waals surface area (Å²) >= 11 is 0. The van der Waals surface area contributed by atoms with Crippen molar-refractivity contribution in [3.63, 3.8) is 0 Å². The van der Waals surface area contributed by atoms with E-state index in [1.165, 1.54) is 0 Å². The Balaban J connectivity index is 1.92.